The van der Waals surface area contributed by atoms with Crippen LogP contribution in [0.2, 0.25) is 18.1 Å². The second-order valence-electron chi connectivity index (χ2n) is 10.8. The van der Waals surface area contributed by atoms with Crippen molar-refractivity contribution in [3.63, 3.8) is 0 Å². The molecular weight excluding hydrogens is 419 g/mol. The van der Waals surface area contributed by atoms with Gasteiger partial charge in [0, 0.05) is 14.4 Å². The van der Waals surface area contributed by atoms with Crippen molar-refractivity contribution in [2.45, 2.75) is 114 Å². The zero-order valence-corrected chi connectivity index (χ0v) is 22.1. The molecule has 0 spiro atoms. The maximum Gasteiger partial charge on any atom is 0.131 e. The van der Waals surface area contributed by atoms with Gasteiger partial charge in [-0.2, -0.15) is 0 Å². The van der Waals surface area contributed by atoms with E-state index >= 15 is 4.39 Å². The van der Waals surface area contributed by atoms with Gasteiger partial charge in [-0.1, -0.05) is 100 Å². The predicted molar refractivity (Wildman–Crippen MR) is 143 cm³/mol. The maximum absolute atomic E-state index is 15.2. The highest BCUT2D eigenvalue weighted by Crippen LogP contribution is 2.39. The summed E-state index contributed by atoms with van der Waals surface area (Å²) in [6.45, 7) is 4.59. The molecule has 0 amide bonds. The Balaban J connectivity index is 1.34. The smallest absolute Gasteiger partial charge is 0.131 e. The Morgan fingerprint density at radius 3 is 2.06 bits per heavy atom. The molecule has 0 unspecified atom stereocenters. The first kappa shape index (κ1) is 24.7. The Bertz CT molecular complexity index is 842. The SMILES string of the molecule is CCCCC[Si]1CCC(c2ccc(-c3ccc(C4CCC(CCC)CC4)cc3)c(F)c2)CC1. The summed E-state index contributed by atoms with van der Waals surface area (Å²) < 4.78 is 15.2. The van der Waals surface area contributed by atoms with E-state index in [1.165, 1.54) is 99.9 Å². The average molecular weight is 464 g/mol. The first-order chi connectivity index (χ1) is 16.2. The molecule has 1 heterocycles. The van der Waals surface area contributed by atoms with E-state index in [0.717, 1.165) is 17.0 Å². The lowest BCUT2D eigenvalue weighted by Crippen LogP contribution is -2.20. The Morgan fingerprint density at radius 2 is 1.42 bits per heavy atom. The van der Waals surface area contributed by atoms with Crippen molar-refractivity contribution in [2.75, 3.05) is 0 Å². The number of benzene rings is 2. The van der Waals surface area contributed by atoms with Gasteiger partial charge in [-0.25, -0.2) is 4.39 Å². The molecule has 2 aliphatic rings. The third-order valence-electron chi connectivity index (χ3n) is 8.53. The second-order valence-corrected chi connectivity index (χ2v) is 13.8. The highest BCUT2D eigenvalue weighted by Gasteiger charge is 2.24. The first-order valence-corrected chi connectivity index (χ1v) is 16.0. The van der Waals surface area contributed by atoms with E-state index in [0.29, 0.717) is 11.8 Å². The molecule has 2 aromatic carbocycles. The molecule has 2 heteroatoms. The van der Waals surface area contributed by atoms with Crippen LogP contribution in [0.3, 0.4) is 0 Å². The molecule has 0 N–H and O–H groups in total. The van der Waals surface area contributed by atoms with Crippen LogP contribution in [-0.2, 0) is 0 Å². The Morgan fingerprint density at radius 1 is 0.758 bits per heavy atom. The minimum atomic E-state index is -0.134. The molecule has 0 nitrogen and oxygen atoms in total. The van der Waals surface area contributed by atoms with E-state index in [4.69, 9.17) is 0 Å². The highest BCUT2D eigenvalue weighted by molar-refractivity contribution is 6.59. The van der Waals surface area contributed by atoms with Crippen molar-refractivity contribution >= 4 is 8.80 Å². The molecule has 4 rings (SSSR count). The molecular formula is C31H44FSi. The van der Waals surface area contributed by atoms with Crippen molar-refractivity contribution < 1.29 is 4.39 Å². The van der Waals surface area contributed by atoms with Gasteiger partial charge in [0.1, 0.15) is 5.82 Å². The molecule has 179 valence electrons. The van der Waals surface area contributed by atoms with Gasteiger partial charge in [0.2, 0.25) is 0 Å². The van der Waals surface area contributed by atoms with Crippen LogP contribution in [0.4, 0.5) is 4.39 Å². The van der Waals surface area contributed by atoms with Gasteiger partial charge in [0.05, 0.1) is 0 Å². The van der Waals surface area contributed by atoms with E-state index in [-0.39, 0.29) is 14.6 Å². The monoisotopic (exact) mass is 463 g/mol. The molecule has 0 atom stereocenters. The summed E-state index contributed by atoms with van der Waals surface area (Å²) in [5, 5.41) is 0. The molecule has 0 aromatic heterocycles. The lowest BCUT2D eigenvalue weighted by Gasteiger charge is -2.29. The maximum atomic E-state index is 15.2. The van der Waals surface area contributed by atoms with Gasteiger partial charge in [-0.3, -0.25) is 0 Å². The fourth-order valence-electron chi connectivity index (χ4n) is 6.38. The number of hydrogen-bond donors (Lipinski definition) is 0. The van der Waals surface area contributed by atoms with Crippen LogP contribution in [0.5, 0.6) is 0 Å². The summed E-state index contributed by atoms with van der Waals surface area (Å²) in [7, 11) is -0.134. The van der Waals surface area contributed by atoms with Crippen molar-refractivity contribution in [3.05, 3.63) is 59.4 Å². The highest BCUT2D eigenvalue weighted by atomic mass is 28.3. The lowest BCUT2D eigenvalue weighted by molar-refractivity contribution is 0.308. The van der Waals surface area contributed by atoms with Crippen LogP contribution >= 0.6 is 0 Å². The molecule has 2 fully saturated rings. The summed E-state index contributed by atoms with van der Waals surface area (Å²) in [6, 6.07) is 19.3. The number of hydrogen-bond acceptors (Lipinski definition) is 0. The molecule has 0 bridgehead atoms. The normalized spacial score (nSPS) is 22.5. The van der Waals surface area contributed by atoms with Crippen molar-refractivity contribution in [2.24, 2.45) is 5.92 Å². The zero-order chi connectivity index (χ0) is 23.0. The second kappa shape index (κ2) is 12.3. The lowest BCUT2D eigenvalue weighted by atomic mass is 9.77. The fraction of sp³-hybridized carbons (Fsp3) is 0.613. The Hall–Kier alpha value is -1.41. The van der Waals surface area contributed by atoms with E-state index in [1.54, 1.807) is 0 Å². The van der Waals surface area contributed by atoms with Crippen LogP contribution in [0.25, 0.3) is 11.1 Å². The van der Waals surface area contributed by atoms with E-state index in [2.05, 4.69) is 44.2 Å². The fourth-order valence-corrected chi connectivity index (χ4v) is 9.39. The van der Waals surface area contributed by atoms with E-state index < -0.39 is 0 Å². The van der Waals surface area contributed by atoms with E-state index in [9.17, 15) is 0 Å². The molecule has 1 saturated carbocycles. The van der Waals surface area contributed by atoms with Gasteiger partial charge in [0.15, 0.2) is 0 Å². The summed E-state index contributed by atoms with van der Waals surface area (Å²) in [4.78, 5) is 0. The van der Waals surface area contributed by atoms with Gasteiger partial charge in [-0.15, -0.1) is 0 Å². The summed E-state index contributed by atoms with van der Waals surface area (Å²) in [5.74, 6) is 2.16. The minimum Gasteiger partial charge on any atom is -0.206 e. The summed E-state index contributed by atoms with van der Waals surface area (Å²) >= 11 is 0. The zero-order valence-electron chi connectivity index (χ0n) is 21.1. The van der Waals surface area contributed by atoms with Crippen LogP contribution in [-0.4, -0.2) is 8.80 Å². The average Bonchev–Trinajstić information content (AvgIpc) is 2.85. The van der Waals surface area contributed by atoms with Crippen molar-refractivity contribution in [1.29, 1.82) is 0 Å². The number of halogens is 1. The van der Waals surface area contributed by atoms with Crippen LogP contribution in [0, 0.1) is 11.7 Å². The number of unbranched alkanes of at least 4 members (excludes halogenated alkanes) is 2. The molecule has 1 radical (unpaired) electrons. The third kappa shape index (κ3) is 6.59. The topological polar surface area (TPSA) is 0 Å². The van der Waals surface area contributed by atoms with Crippen LogP contribution < -0.4 is 0 Å². The standard InChI is InChI=1S/C31H44FSi/c1-3-5-6-20-33-21-18-27(19-22-33)29-16-17-30(31(32)23-29)28-14-12-26(13-15-28)25-10-8-24(7-4-2)9-11-25/h12-17,23-25,27H,3-11,18-22H2,1-2H3. The summed E-state index contributed by atoms with van der Waals surface area (Å²) in [6.07, 6.45) is 14.8. The van der Waals surface area contributed by atoms with Crippen molar-refractivity contribution in [1.82, 2.24) is 0 Å². The molecule has 2 aromatic rings. The Kier molecular flexibility index (Phi) is 9.24. The first-order valence-electron chi connectivity index (χ1n) is 13.9. The van der Waals surface area contributed by atoms with Crippen LogP contribution in [0.1, 0.15) is 107 Å². The quantitative estimate of drug-likeness (QED) is 0.256. The molecule has 1 aliphatic carbocycles. The molecule has 1 saturated heterocycles. The largest absolute Gasteiger partial charge is 0.206 e. The molecule has 1 aliphatic heterocycles. The minimum absolute atomic E-state index is 0.0422. The van der Waals surface area contributed by atoms with Gasteiger partial charge in [0.25, 0.3) is 0 Å². The summed E-state index contributed by atoms with van der Waals surface area (Å²) in [5.41, 5.74) is 4.46. The van der Waals surface area contributed by atoms with Crippen molar-refractivity contribution in [3.8, 4) is 11.1 Å². The van der Waals surface area contributed by atoms with Crippen LogP contribution in [0.15, 0.2) is 42.5 Å². The number of rotatable bonds is 9. The Labute approximate surface area is 204 Å². The van der Waals surface area contributed by atoms with Gasteiger partial charge >= 0.3 is 0 Å². The van der Waals surface area contributed by atoms with Gasteiger partial charge < -0.3 is 0 Å². The predicted octanol–water partition coefficient (Wildman–Crippen LogP) is 10.1. The van der Waals surface area contributed by atoms with Gasteiger partial charge in [-0.05, 0) is 79.0 Å². The molecule has 33 heavy (non-hydrogen) atoms. The van der Waals surface area contributed by atoms with E-state index in [1.807, 2.05) is 12.1 Å². The third-order valence-corrected chi connectivity index (χ3v) is 11.6.